The zero-order valence-corrected chi connectivity index (χ0v) is 6.58. The summed E-state index contributed by atoms with van der Waals surface area (Å²) in [5.74, 6) is 0. The molecule has 2 rings (SSSR count). The standard InChI is InChI=1S/C5H3N3OSe/c9-5-4-3(1-2-10-4)6-8-7-5/h1-2H,(H,6,7,9). The van der Waals surface area contributed by atoms with Gasteiger partial charge in [0.05, 0.1) is 0 Å². The van der Waals surface area contributed by atoms with Crippen LogP contribution in [0.3, 0.4) is 0 Å². The van der Waals surface area contributed by atoms with Crippen LogP contribution in [0.1, 0.15) is 0 Å². The van der Waals surface area contributed by atoms with E-state index in [1.165, 1.54) is 0 Å². The fourth-order valence-electron chi connectivity index (χ4n) is 0.726. The Morgan fingerprint density at radius 3 is 3.30 bits per heavy atom. The van der Waals surface area contributed by atoms with Crippen molar-refractivity contribution in [2.24, 2.45) is 0 Å². The average molecular weight is 200 g/mol. The van der Waals surface area contributed by atoms with Gasteiger partial charge in [0.2, 0.25) is 0 Å². The van der Waals surface area contributed by atoms with E-state index in [2.05, 4.69) is 15.4 Å². The number of nitrogens with zero attached hydrogens (tertiary/aromatic N) is 2. The molecule has 0 unspecified atom stereocenters. The molecule has 0 atom stereocenters. The maximum atomic E-state index is 10.9. The fourth-order valence-corrected chi connectivity index (χ4v) is 2.23. The molecule has 0 spiro atoms. The molecule has 0 aliphatic heterocycles. The quantitative estimate of drug-likeness (QED) is 0.576. The van der Waals surface area contributed by atoms with E-state index in [1.807, 2.05) is 11.0 Å². The van der Waals surface area contributed by atoms with Crippen LogP contribution >= 0.6 is 0 Å². The third kappa shape index (κ3) is 0.716. The van der Waals surface area contributed by atoms with Crippen molar-refractivity contribution >= 4 is 24.3 Å². The van der Waals surface area contributed by atoms with Gasteiger partial charge in [0.1, 0.15) is 0 Å². The second-order valence-electron chi connectivity index (χ2n) is 1.78. The van der Waals surface area contributed by atoms with Crippen LogP contribution in [0.5, 0.6) is 0 Å². The molecular weight excluding hydrogens is 197 g/mol. The molecule has 0 fully saturated rings. The van der Waals surface area contributed by atoms with E-state index < -0.39 is 0 Å². The summed E-state index contributed by atoms with van der Waals surface area (Å²) in [5.41, 5.74) is 0.624. The number of aromatic amines is 1. The summed E-state index contributed by atoms with van der Waals surface area (Å²) in [5, 5.41) is 9.46. The topological polar surface area (TPSA) is 58.6 Å². The molecule has 0 aliphatic rings. The fraction of sp³-hybridized carbons (Fsp3) is 0. The summed E-state index contributed by atoms with van der Waals surface area (Å²) in [6.07, 6.45) is 0. The Morgan fingerprint density at radius 2 is 2.50 bits per heavy atom. The van der Waals surface area contributed by atoms with Gasteiger partial charge in [-0.05, 0) is 0 Å². The summed E-state index contributed by atoms with van der Waals surface area (Å²) >= 11 is 0.166. The van der Waals surface area contributed by atoms with Gasteiger partial charge in [0.25, 0.3) is 0 Å². The van der Waals surface area contributed by atoms with E-state index in [1.54, 1.807) is 0 Å². The molecule has 0 saturated carbocycles. The van der Waals surface area contributed by atoms with Crippen LogP contribution in [0.15, 0.2) is 15.8 Å². The van der Waals surface area contributed by atoms with E-state index in [9.17, 15) is 4.79 Å². The molecule has 4 nitrogen and oxygen atoms in total. The first-order valence-corrected chi connectivity index (χ1v) is 4.51. The van der Waals surface area contributed by atoms with Crippen LogP contribution < -0.4 is 5.56 Å². The summed E-state index contributed by atoms with van der Waals surface area (Å²) in [6, 6.07) is 1.83. The Kier molecular flexibility index (Phi) is 1.19. The number of hydrogen-bond donors (Lipinski definition) is 1. The van der Waals surface area contributed by atoms with Gasteiger partial charge in [-0.2, -0.15) is 0 Å². The van der Waals surface area contributed by atoms with Crippen molar-refractivity contribution in [1.82, 2.24) is 15.4 Å². The monoisotopic (exact) mass is 201 g/mol. The molecule has 0 bridgehead atoms. The minimum absolute atomic E-state index is 0.102. The van der Waals surface area contributed by atoms with Crippen molar-refractivity contribution in [1.29, 1.82) is 0 Å². The molecule has 0 aliphatic carbocycles. The van der Waals surface area contributed by atoms with Crippen LogP contribution in [0, 0.1) is 0 Å². The van der Waals surface area contributed by atoms with Gasteiger partial charge in [0.15, 0.2) is 0 Å². The van der Waals surface area contributed by atoms with Crippen LogP contribution in [0.4, 0.5) is 0 Å². The molecule has 1 N–H and O–H groups in total. The maximum absolute atomic E-state index is 10.9. The number of rotatable bonds is 0. The van der Waals surface area contributed by atoms with Crippen molar-refractivity contribution in [3.8, 4) is 0 Å². The summed E-state index contributed by atoms with van der Waals surface area (Å²) in [7, 11) is 0. The Morgan fingerprint density at radius 1 is 1.60 bits per heavy atom. The van der Waals surface area contributed by atoms with E-state index in [0.717, 1.165) is 9.78 Å². The van der Waals surface area contributed by atoms with E-state index in [-0.39, 0.29) is 20.1 Å². The second-order valence-corrected chi connectivity index (χ2v) is 3.70. The molecule has 2 aromatic heterocycles. The third-order valence-corrected chi connectivity index (χ3v) is 3.05. The normalized spacial score (nSPS) is 10.4. The molecular formula is C5H3N3OSe. The summed E-state index contributed by atoms with van der Waals surface area (Å²) in [6.45, 7) is 0. The number of fused-ring (bicyclic) bond motifs is 1. The first-order chi connectivity index (χ1) is 4.88. The first-order valence-electron chi connectivity index (χ1n) is 2.66. The molecule has 50 valence electrons. The molecule has 2 heterocycles. The van der Waals surface area contributed by atoms with Crippen molar-refractivity contribution in [3.05, 3.63) is 21.4 Å². The Balaban J connectivity index is 3.09. The van der Waals surface area contributed by atoms with Crippen molar-refractivity contribution in [2.75, 3.05) is 0 Å². The Hall–Kier alpha value is -0.931. The van der Waals surface area contributed by atoms with Gasteiger partial charge < -0.3 is 0 Å². The van der Waals surface area contributed by atoms with Gasteiger partial charge >= 0.3 is 61.1 Å². The number of aromatic nitrogens is 3. The third-order valence-electron chi connectivity index (χ3n) is 1.16. The zero-order chi connectivity index (χ0) is 6.97. The Bertz CT molecular complexity index is 404. The van der Waals surface area contributed by atoms with Gasteiger partial charge in [-0.3, -0.25) is 0 Å². The van der Waals surface area contributed by atoms with Gasteiger partial charge in [-0.25, -0.2) is 0 Å². The number of nitrogens with one attached hydrogen (secondary N) is 1. The van der Waals surface area contributed by atoms with Gasteiger partial charge in [-0.1, -0.05) is 0 Å². The van der Waals surface area contributed by atoms with Crippen molar-refractivity contribution in [2.45, 2.75) is 0 Å². The zero-order valence-electron chi connectivity index (χ0n) is 4.87. The van der Waals surface area contributed by atoms with E-state index in [0.29, 0.717) is 0 Å². The van der Waals surface area contributed by atoms with Crippen LogP contribution in [0.25, 0.3) is 9.78 Å². The predicted molar refractivity (Wildman–Crippen MR) is 37.1 cm³/mol. The molecule has 2 aromatic rings. The van der Waals surface area contributed by atoms with Crippen LogP contribution in [-0.4, -0.2) is 29.9 Å². The van der Waals surface area contributed by atoms with Gasteiger partial charge in [-0.15, -0.1) is 0 Å². The predicted octanol–water partition coefficient (Wildman–Crippen LogP) is -0.625. The summed E-state index contributed by atoms with van der Waals surface area (Å²) < 4.78 is 0.780. The SMILES string of the molecule is O=c1[nH]nnc2cc[se]c12. The molecule has 0 saturated heterocycles. The molecule has 0 radical (unpaired) electrons. The molecule has 0 aromatic carbocycles. The minimum atomic E-state index is -0.102. The van der Waals surface area contributed by atoms with Gasteiger partial charge in [0, 0.05) is 0 Å². The first kappa shape index (κ1) is 5.82. The second kappa shape index (κ2) is 2.04. The summed E-state index contributed by atoms with van der Waals surface area (Å²) in [4.78, 5) is 12.9. The molecule has 5 heteroatoms. The van der Waals surface area contributed by atoms with Crippen molar-refractivity contribution < 1.29 is 0 Å². The molecule has 0 amide bonds. The average Bonchev–Trinajstić information content (AvgIpc) is 2.36. The van der Waals surface area contributed by atoms with E-state index in [4.69, 9.17) is 0 Å². The number of hydrogen-bond acceptors (Lipinski definition) is 3. The van der Waals surface area contributed by atoms with E-state index >= 15 is 0 Å². The van der Waals surface area contributed by atoms with Crippen LogP contribution in [-0.2, 0) is 0 Å². The van der Waals surface area contributed by atoms with Crippen LogP contribution in [0.2, 0.25) is 0 Å². The van der Waals surface area contributed by atoms with Crippen molar-refractivity contribution in [3.63, 3.8) is 0 Å². The number of H-pyrrole nitrogens is 1. The molecule has 10 heavy (non-hydrogen) atoms. The Labute approximate surface area is 61.6 Å².